The van der Waals surface area contributed by atoms with E-state index in [1.807, 2.05) is 12.1 Å². The van der Waals surface area contributed by atoms with Crippen LogP contribution in [0.25, 0.3) is 11.0 Å². The highest BCUT2D eigenvalue weighted by molar-refractivity contribution is 6.30. The smallest absolute Gasteiger partial charge is 0.197 e. The molecule has 0 saturated carbocycles. The van der Waals surface area contributed by atoms with Gasteiger partial charge in [0.1, 0.15) is 17.1 Å². The second-order valence-electron chi connectivity index (χ2n) is 4.73. The topological polar surface area (TPSA) is 39.4 Å². The standard InChI is InChI=1S/C17H13ClO3/c1-10-16(17(19)11-3-5-12(18)6-4-11)14-9-13(20-2)7-8-15(14)21-10/h3-9H,1-2H3. The molecule has 0 fully saturated rings. The maximum atomic E-state index is 12.7. The number of ketones is 1. The number of hydrogen-bond acceptors (Lipinski definition) is 3. The molecule has 4 heteroatoms. The summed E-state index contributed by atoms with van der Waals surface area (Å²) in [6.45, 7) is 1.79. The number of carbonyl (C=O) groups is 1. The summed E-state index contributed by atoms with van der Waals surface area (Å²) < 4.78 is 10.9. The van der Waals surface area contributed by atoms with Gasteiger partial charge in [-0.1, -0.05) is 11.6 Å². The highest BCUT2D eigenvalue weighted by atomic mass is 35.5. The van der Waals surface area contributed by atoms with Gasteiger partial charge in [0.05, 0.1) is 12.7 Å². The summed E-state index contributed by atoms with van der Waals surface area (Å²) in [4.78, 5) is 12.7. The van der Waals surface area contributed by atoms with Gasteiger partial charge < -0.3 is 9.15 Å². The van der Waals surface area contributed by atoms with Crippen LogP contribution in [-0.2, 0) is 0 Å². The van der Waals surface area contributed by atoms with E-state index in [9.17, 15) is 4.79 Å². The van der Waals surface area contributed by atoms with Gasteiger partial charge in [-0.15, -0.1) is 0 Å². The Bertz CT molecular complexity index is 816. The molecule has 3 nitrogen and oxygen atoms in total. The second-order valence-corrected chi connectivity index (χ2v) is 5.17. The Labute approximate surface area is 127 Å². The molecule has 0 aliphatic heterocycles. The van der Waals surface area contributed by atoms with E-state index in [4.69, 9.17) is 20.8 Å². The van der Waals surface area contributed by atoms with Crippen molar-refractivity contribution in [2.45, 2.75) is 6.92 Å². The predicted octanol–water partition coefficient (Wildman–Crippen LogP) is 4.63. The fraction of sp³-hybridized carbons (Fsp3) is 0.118. The number of furan rings is 1. The first kappa shape index (κ1) is 13.7. The van der Waals surface area contributed by atoms with Crippen LogP contribution in [0.3, 0.4) is 0 Å². The van der Waals surface area contributed by atoms with Crippen molar-refractivity contribution in [1.29, 1.82) is 0 Å². The molecule has 0 atom stereocenters. The van der Waals surface area contributed by atoms with Gasteiger partial charge >= 0.3 is 0 Å². The SMILES string of the molecule is COc1ccc2oc(C)c(C(=O)c3ccc(Cl)cc3)c2c1. The molecule has 0 bridgehead atoms. The van der Waals surface area contributed by atoms with Gasteiger partial charge in [0, 0.05) is 16.0 Å². The largest absolute Gasteiger partial charge is 0.497 e. The summed E-state index contributed by atoms with van der Waals surface area (Å²) in [7, 11) is 1.59. The lowest BCUT2D eigenvalue weighted by Gasteiger charge is -2.02. The molecule has 0 amide bonds. The van der Waals surface area contributed by atoms with Gasteiger partial charge in [-0.05, 0) is 49.4 Å². The third-order valence-electron chi connectivity index (χ3n) is 3.40. The van der Waals surface area contributed by atoms with Crippen LogP contribution in [0.15, 0.2) is 46.9 Å². The Morgan fingerprint density at radius 3 is 2.52 bits per heavy atom. The quantitative estimate of drug-likeness (QED) is 0.662. The lowest BCUT2D eigenvalue weighted by Crippen LogP contribution is -2.02. The van der Waals surface area contributed by atoms with E-state index >= 15 is 0 Å². The van der Waals surface area contributed by atoms with Crippen molar-refractivity contribution in [3.05, 3.63) is 64.4 Å². The summed E-state index contributed by atoms with van der Waals surface area (Å²) in [5, 5.41) is 1.36. The number of methoxy groups -OCH3 is 1. The van der Waals surface area contributed by atoms with Gasteiger partial charge in [-0.3, -0.25) is 4.79 Å². The average Bonchev–Trinajstić information content (AvgIpc) is 2.82. The normalized spacial score (nSPS) is 10.8. The van der Waals surface area contributed by atoms with Crippen molar-refractivity contribution in [2.24, 2.45) is 0 Å². The summed E-state index contributed by atoms with van der Waals surface area (Å²) >= 11 is 5.86. The number of halogens is 1. The van der Waals surface area contributed by atoms with Gasteiger partial charge in [-0.2, -0.15) is 0 Å². The Kier molecular flexibility index (Phi) is 3.43. The van der Waals surface area contributed by atoms with Crippen LogP contribution in [0.1, 0.15) is 21.7 Å². The van der Waals surface area contributed by atoms with Crippen molar-refractivity contribution in [2.75, 3.05) is 7.11 Å². The Balaban J connectivity index is 2.16. The molecule has 0 radical (unpaired) electrons. The van der Waals surface area contributed by atoms with Crippen molar-refractivity contribution in [1.82, 2.24) is 0 Å². The molecular weight excluding hydrogens is 288 g/mol. The maximum absolute atomic E-state index is 12.7. The van der Waals surface area contributed by atoms with Gasteiger partial charge in [0.25, 0.3) is 0 Å². The fourth-order valence-electron chi connectivity index (χ4n) is 2.35. The van der Waals surface area contributed by atoms with E-state index < -0.39 is 0 Å². The lowest BCUT2D eigenvalue weighted by atomic mass is 10.0. The number of rotatable bonds is 3. The van der Waals surface area contributed by atoms with Gasteiger partial charge in [0.15, 0.2) is 5.78 Å². The van der Waals surface area contributed by atoms with E-state index in [1.54, 1.807) is 44.4 Å². The van der Waals surface area contributed by atoms with E-state index in [2.05, 4.69) is 0 Å². The van der Waals surface area contributed by atoms with Crippen LogP contribution in [0, 0.1) is 6.92 Å². The van der Waals surface area contributed by atoms with E-state index in [1.165, 1.54) is 0 Å². The van der Waals surface area contributed by atoms with Crippen LogP contribution in [-0.4, -0.2) is 12.9 Å². The lowest BCUT2D eigenvalue weighted by molar-refractivity contribution is 0.103. The third kappa shape index (κ3) is 2.41. The van der Waals surface area contributed by atoms with Crippen LogP contribution in [0.5, 0.6) is 5.75 Å². The maximum Gasteiger partial charge on any atom is 0.197 e. The number of ether oxygens (including phenoxy) is 1. The van der Waals surface area contributed by atoms with E-state index in [-0.39, 0.29) is 5.78 Å². The molecule has 0 spiro atoms. The summed E-state index contributed by atoms with van der Waals surface area (Å²) in [5.41, 5.74) is 1.81. The second kappa shape index (κ2) is 5.26. The molecule has 0 aliphatic carbocycles. The molecule has 0 unspecified atom stereocenters. The van der Waals surface area contributed by atoms with E-state index in [0.717, 1.165) is 5.39 Å². The van der Waals surface area contributed by atoms with Gasteiger partial charge in [0.2, 0.25) is 0 Å². The molecule has 2 aromatic carbocycles. The number of fused-ring (bicyclic) bond motifs is 1. The van der Waals surface area contributed by atoms with Crippen molar-refractivity contribution < 1.29 is 13.9 Å². The fourth-order valence-corrected chi connectivity index (χ4v) is 2.48. The molecule has 3 aromatic rings. The van der Waals surface area contributed by atoms with Crippen molar-refractivity contribution in [3.8, 4) is 5.75 Å². The molecular formula is C17H13ClO3. The minimum Gasteiger partial charge on any atom is -0.497 e. The Morgan fingerprint density at radius 1 is 1.14 bits per heavy atom. The molecule has 106 valence electrons. The van der Waals surface area contributed by atoms with Crippen LogP contribution >= 0.6 is 11.6 Å². The highest BCUT2D eigenvalue weighted by Crippen LogP contribution is 2.30. The highest BCUT2D eigenvalue weighted by Gasteiger charge is 2.20. The molecule has 0 N–H and O–H groups in total. The molecule has 1 heterocycles. The zero-order valence-electron chi connectivity index (χ0n) is 11.6. The number of carbonyl (C=O) groups excluding carboxylic acids is 1. The minimum absolute atomic E-state index is 0.0869. The van der Waals surface area contributed by atoms with Crippen LogP contribution in [0.4, 0.5) is 0 Å². The molecule has 0 saturated heterocycles. The predicted molar refractivity (Wildman–Crippen MR) is 82.4 cm³/mol. The monoisotopic (exact) mass is 300 g/mol. The molecule has 0 aliphatic rings. The van der Waals surface area contributed by atoms with Crippen LogP contribution < -0.4 is 4.74 Å². The van der Waals surface area contributed by atoms with E-state index in [0.29, 0.717) is 33.2 Å². The number of hydrogen-bond donors (Lipinski definition) is 0. The van der Waals surface area contributed by atoms with Crippen LogP contribution in [0.2, 0.25) is 5.02 Å². The van der Waals surface area contributed by atoms with Crippen molar-refractivity contribution >= 4 is 28.4 Å². The summed E-state index contributed by atoms with van der Waals surface area (Å²) in [6.07, 6.45) is 0. The zero-order valence-corrected chi connectivity index (χ0v) is 12.4. The minimum atomic E-state index is -0.0869. The molecule has 21 heavy (non-hydrogen) atoms. The first-order valence-corrected chi connectivity index (χ1v) is 6.85. The Morgan fingerprint density at radius 2 is 1.86 bits per heavy atom. The zero-order chi connectivity index (χ0) is 15.0. The third-order valence-corrected chi connectivity index (χ3v) is 3.66. The molecule has 3 rings (SSSR count). The first-order chi connectivity index (χ1) is 10.1. The number of aryl methyl sites for hydroxylation is 1. The summed E-state index contributed by atoms with van der Waals surface area (Å²) in [6, 6.07) is 12.3. The van der Waals surface area contributed by atoms with Gasteiger partial charge in [-0.25, -0.2) is 0 Å². The van der Waals surface area contributed by atoms with Crippen molar-refractivity contribution in [3.63, 3.8) is 0 Å². The summed E-state index contributed by atoms with van der Waals surface area (Å²) in [5.74, 6) is 1.20. The first-order valence-electron chi connectivity index (χ1n) is 6.47. The molecule has 1 aromatic heterocycles. The number of benzene rings is 2. The average molecular weight is 301 g/mol. The Hall–Kier alpha value is -2.26.